The molecule has 0 saturated carbocycles. The molecule has 4 rings (SSSR count). The van der Waals surface area contributed by atoms with E-state index >= 15 is 0 Å². The van der Waals surface area contributed by atoms with Crippen molar-refractivity contribution in [1.29, 1.82) is 0 Å². The standard InChI is InChI=1S/C34H38N4O16/c1-17(39)49-27-23(53-33(29(27)51-19(3)41)37-11-5-7-21(13-37)31(35)45)15-47-25(43)9-10-26(44)48-16-24-28(50-18(2)40)30(52-20(4)42)34(54-24)38-12-6-8-22(14-38)32(36)46/h5-8,11-14,23-24,27-30,33-34H,9-10,15-16H2,1-4H3,(H2-2,35,36,45,46)/p+2/t23-,24-,27-,28-,29-,30-,33-,34-/m1/s1. The molecule has 2 aliphatic rings. The van der Waals surface area contributed by atoms with Crippen LogP contribution in [0.4, 0.5) is 0 Å². The van der Waals surface area contributed by atoms with Crippen LogP contribution in [0.1, 0.15) is 73.7 Å². The molecule has 54 heavy (non-hydrogen) atoms. The van der Waals surface area contributed by atoms with Gasteiger partial charge in [-0.25, -0.2) is 0 Å². The van der Waals surface area contributed by atoms with Gasteiger partial charge in [0.15, 0.2) is 37.0 Å². The van der Waals surface area contributed by atoms with Crippen LogP contribution in [0.15, 0.2) is 49.1 Å². The van der Waals surface area contributed by atoms with Gasteiger partial charge in [0, 0.05) is 39.8 Å². The minimum atomic E-state index is -1.24. The van der Waals surface area contributed by atoms with Crippen LogP contribution in [-0.2, 0) is 66.7 Å². The summed E-state index contributed by atoms with van der Waals surface area (Å²) in [4.78, 5) is 96.9. The largest absolute Gasteiger partial charge is 0.463 e. The summed E-state index contributed by atoms with van der Waals surface area (Å²) >= 11 is 0. The first kappa shape index (κ1) is 40.7. The highest BCUT2D eigenvalue weighted by atomic mass is 16.7. The fourth-order valence-electron chi connectivity index (χ4n) is 5.76. The molecule has 0 bridgehead atoms. The Morgan fingerprint density at radius 2 is 0.907 bits per heavy atom. The average Bonchev–Trinajstić information content (AvgIpc) is 3.60. The molecule has 4 N–H and O–H groups in total. The van der Waals surface area contributed by atoms with Crippen molar-refractivity contribution in [3.63, 3.8) is 0 Å². The summed E-state index contributed by atoms with van der Waals surface area (Å²) in [7, 11) is 0. The highest BCUT2D eigenvalue weighted by molar-refractivity contribution is 5.92. The molecule has 2 saturated heterocycles. The summed E-state index contributed by atoms with van der Waals surface area (Å²) in [6.07, 6.45) is -4.75. The topological polar surface area (TPSA) is 270 Å². The lowest BCUT2D eigenvalue weighted by atomic mass is 10.1. The Labute approximate surface area is 307 Å². The van der Waals surface area contributed by atoms with Gasteiger partial charge in [-0.2, -0.15) is 9.13 Å². The molecule has 2 amide bonds. The predicted molar refractivity (Wildman–Crippen MR) is 171 cm³/mol. The van der Waals surface area contributed by atoms with Crippen LogP contribution < -0.4 is 20.6 Å². The molecule has 8 atom stereocenters. The zero-order chi connectivity index (χ0) is 39.7. The number of hydrogen-bond acceptors (Lipinski definition) is 16. The third-order valence-corrected chi connectivity index (χ3v) is 7.93. The monoisotopic (exact) mass is 760 g/mol. The molecular formula is C34H40N4O16+2. The summed E-state index contributed by atoms with van der Waals surface area (Å²) in [6.45, 7) is 3.51. The van der Waals surface area contributed by atoms with E-state index in [0.717, 1.165) is 27.7 Å². The number of ether oxygens (including phenoxy) is 8. The van der Waals surface area contributed by atoms with E-state index in [1.807, 2.05) is 0 Å². The Hall–Kier alpha value is -6.02. The highest BCUT2D eigenvalue weighted by Gasteiger charge is 2.56. The molecule has 0 unspecified atom stereocenters. The van der Waals surface area contributed by atoms with Gasteiger partial charge in [-0.3, -0.25) is 38.4 Å². The zero-order valence-corrected chi connectivity index (χ0v) is 29.6. The van der Waals surface area contributed by atoms with Gasteiger partial charge in [-0.15, -0.1) is 0 Å². The van der Waals surface area contributed by atoms with E-state index in [1.54, 1.807) is 0 Å². The number of hydrogen-bond donors (Lipinski definition) is 2. The molecule has 0 spiro atoms. The molecule has 2 aromatic heterocycles. The van der Waals surface area contributed by atoms with Crippen molar-refractivity contribution in [3.05, 3.63) is 60.2 Å². The fraction of sp³-hybridized carbons (Fsp3) is 0.471. The first-order valence-electron chi connectivity index (χ1n) is 16.5. The second kappa shape index (κ2) is 18.1. The van der Waals surface area contributed by atoms with Crippen LogP contribution >= 0.6 is 0 Å². The Balaban J connectivity index is 1.38. The van der Waals surface area contributed by atoms with Crippen molar-refractivity contribution >= 4 is 47.6 Å². The Bertz CT molecular complexity index is 1660. The van der Waals surface area contributed by atoms with E-state index in [4.69, 9.17) is 49.4 Å². The summed E-state index contributed by atoms with van der Waals surface area (Å²) in [6, 6.07) is 5.89. The predicted octanol–water partition coefficient (Wildman–Crippen LogP) is -1.45. The van der Waals surface area contributed by atoms with Gasteiger partial charge in [0.05, 0.1) is 12.8 Å². The van der Waals surface area contributed by atoms with E-state index in [9.17, 15) is 38.4 Å². The highest BCUT2D eigenvalue weighted by Crippen LogP contribution is 2.33. The zero-order valence-electron chi connectivity index (χ0n) is 29.6. The molecule has 4 heterocycles. The first-order chi connectivity index (χ1) is 25.5. The van der Waals surface area contributed by atoms with Gasteiger partial charge in [0.25, 0.3) is 11.8 Å². The lowest BCUT2D eigenvalue weighted by Gasteiger charge is -2.21. The maximum Gasteiger partial charge on any atom is 0.306 e. The maximum atomic E-state index is 12.7. The summed E-state index contributed by atoms with van der Waals surface area (Å²) < 4.78 is 47.0. The molecule has 20 nitrogen and oxygen atoms in total. The smallest absolute Gasteiger partial charge is 0.306 e. The van der Waals surface area contributed by atoms with Gasteiger partial charge in [0.2, 0.25) is 12.2 Å². The Morgan fingerprint density at radius 1 is 0.574 bits per heavy atom. The molecule has 2 aliphatic heterocycles. The van der Waals surface area contributed by atoms with Gasteiger partial charge in [0.1, 0.15) is 36.5 Å². The number of aromatic nitrogens is 2. The van der Waals surface area contributed by atoms with Gasteiger partial charge in [-0.1, -0.05) is 0 Å². The van der Waals surface area contributed by atoms with Crippen molar-refractivity contribution in [3.8, 4) is 0 Å². The van der Waals surface area contributed by atoms with Crippen molar-refractivity contribution < 1.29 is 85.4 Å². The Morgan fingerprint density at radius 3 is 1.22 bits per heavy atom. The lowest BCUT2D eigenvalue weighted by Crippen LogP contribution is -2.48. The van der Waals surface area contributed by atoms with Crippen LogP contribution in [0.25, 0.3) is 0 Å². The number of esters is 6. The van der Waals surface area contributed by atoms with E-state index in [-0.39, 0.29) is 11.1 Å². The van der Waals surface area contributed by atoms with E-state index in [0.29, 0.717) is 0 Å². The van der Waals surface area contributed by atoms with Gasteiger partial charge >= 0.3 is 48.3 Å². The molecule has 2 aromatic rings. The van der Waals surface area contributed by atoms with E-state index in [2.05, 4.69) is 0 Å². The van der Waals surface area contributed by atoms with E-state index in [1.165, 1.54) is 58.2 Å². The molecule has 0 aromatic carbocycles. The fourth-order valence-corrected chi connectivity index (χ4v) is 5.76. The van der Waals surface area contributed by atoms with Crippen LogP contribution in [0, 0.1) is 0 Å². The number of carbonyl (C=O) groups excluding carboxylic acids is 8. The van der Waals surface area contributed by atoms with Gasteiger partial charge in [-0.05, 0) is 12.1 Å². The normalized spacial score (nSPS) is 24.4. The third-order valence-electron chi connectivity index (χ3n) is 7.93. The molecule has 2 fully saturated rings. The van der Waals surface area contributed by atoms with Crippen LogP contribution in [0.5, 0.6) is 0 Å². The molecule has 0 aliphatic carbocycles. The average molecular weight is 761 g/mol. The van der Waals surface area contributed by atoms with Crippen LogP contribution in [0.3, 0.4) is 0 Å². The summed E-state index contributed by atoms with van der Waals surface area (Å²) in [5.74, 6) is -6.19. The van der Waals surface area contributed by atoms with Crippen molar-refractivity contribution in [2.24, 2.45) is 11.5 Å². The number of nitrogens with two attached hydrogens (primary N) is 2. The van der Waals surface area contributed by atoms with Crippen molar-refractivity contribution in [2.45, 2.75) is 89.6 Å². The maximum absolute atomic E-state index is 12.7. The van der Waals surface area contributed by atoms with Crippen LogP contribution in [-0.4, -0.2) is 97.5 Å². The van der Waals surface area contributed by atoms with Crippen LogP contribution in [0.2, 0.25) is 0 Å². The third kappa shape index (κ3) is 10.8. The number of primary amides is 2. The summed E-state index contributed by atoms with van der Waals surface area (Å²) in [5.41, 5.74) is 11.0. The number of carbonyl (C=O) groups is 8. The van der Waals surface area contributed by atoms with Gasteiger partial charge < -0.3 is 49.4 Å². The lowest BCUT2D eigenvalue weighted by molar-refractivity contribution is -0.765. The number of amides is 2. The molecule has 290 valence electrons. The van der Waals surface area contributed by atoms with Crippen molar-refractivity contribution in [2.75, 3.05) is 13.2 Å². The Kier molecular flexibility index (Phi) is 13.7. The number of pyridine rings is 2. The first-order valence-corrected chi connectivity index (χ1v) is 16.5. The minimum absolute atomic E-state index is 0.104. The molecule has 0 radical (unpaired) electrons. The van der Waals surface area contributed by atoms with Crippen molar-refractivity contribution in [1.82, 2.24) is 0 Å². The minimum Gasteiger partial charge on any atom is -0.463 e. The second-order valence-corrected chi connectivity index (χ2v) is 12.1. The number of nitrogens with zero attached hydrogens (tertiary/aromatic N) is 2. The summed E-state index contributed by atoms with van der Waals surface area (Å²) in [5, 5.41) is 0. The second-order valence-electron chi connectivity index (χ2n) is 12.1. The quantitative estimate of drug-likeness (QED) is 0.119. The molecular weight excluding hydrogens is 720 g/mol. The SMILES string of the molecule is CC(=O)O[C@@H]1[C@H](OC(C)=O)[C@@H](COC(=O)CCC(=O)OC[C@H]2O[C@@H]([n+]3cccc(C(N)=O)c3)[C@H](OC(C)=O)[C@@H]2OC(C)=O)O[C@H]1[n+]1cccc(C(N)=O)c1. The van der Waals surface area contributed by atoms with E-state index < -0.39 is 123 Å². The number of rotatable bonds is 15. The molecule has 20 heteroatoms.